The van der Waals surface area contributed by atoms with Crippen LogP contribution in [0.15, 0.2) is 18.2 Å². The maximum atomic E-state index is 13.9. The van der Waals surface area contributed by atoms with E-state index in [9.17, 15) is 4.39 Å². The van der Waals surface area contributed by atoms with Gasteiger partial charge in [0.05, 0.1) is 6.04 Å². The molecule has 1 unspecified atom stereocenters. The van der Waals surface area contributed by atoms with Crippen molar-refractivity contribution in [3.63, 3.8) is 0 Å². The molecular weight excluding hydrogens is 263 g/mol. The van der Waals surface area contributed by atoms with E-state index in [1.54, 1.807) is 12.1 Å². The monoisotopic (exact) mass is 294 g/mol. The van der Waals surface area contributed by atoms with Crippen molar-refractivity contribution < 1.29 is 4.39 Å². The molecule has 0 amide bonds. The SMILES string of the molecule is CCCNC(c1cc(C)cc(F)c1)C(CC)(CC)N(C)C. The number of halogens is 1. The molecule has 0 saturated carbocycles. The van der Waals surface area contributed by atoms with Crippen molar-refractivity contribution in [1.82, 2.24) is 10.2 Å². The third kappa shape index (κ3) is 4.04. The van der Waals surface area contributed by atoms with E-state index < -0.39 is 0 Å². The van der Waals surface area contributed by atoms with Gasteiger partial charge in [-0.1, -0.05) is 26.8 Å². The van der Waals surface area contributed by atoms with Crippen LogP contribution in [-0.4, -0.2) is 31.1 Å². The summed E-state index contributed by atoms with van der Waals surface area (Å²) in [4.78, 5) is 2.29. The van der Waals surface area contributed by atoms with Crippen molar-refractivity contribution >= 4 is 0 Å². The summed E-state index contributed by atoms with van der Waals surface area (Å²) >= 11 is 0. The topological polar surface area (TPSA) is 15.3 Å². The lowest BCUT2D eigenvalue weighted by molar-refractivity contribution is 0.0879. The number of nitrogens with zero attached hydrogens (tertiary/aromatic N) is 1. The van der Waals surface area contributed by atoms with Crippen LogP contribution in [0.1, 0.15) is 57.2 Å². The quantitative estimate of drug-likeness (QED) is 0.769. The minimum atomic E-state index is -0.145. The van der Waals surface area contributed by atoms with E-state index in [1.165, 1.54) is 0 Å². The zero-order valence-electron chi connectivity index (χ0n) is 14.5. The zero-order chi connectivity index (χ0) is 16.0. The molecule has 21 heavy (non-hydrogen) atoms. The molecule has 1 atom stereocenters. The summed E-state index contributed by atoms with van der Waals surface area (Å²) in [6.07, 6.45) is 3.11. The Morgan fingerprint density at radius 1 is 1.14 bits per heavy atom. The van der Waals surface area contributed by atoms with Gasteiger partial charge in [0, 0.05) is 5.54 Å². The Hall–Kier alpha value is -0.930. The number of hydrogen-bond donors (Lipinski definition) is 1. The van der Waals surface area contributed by atoms with Crippen LogP contribution in [0.4, 0.5) is 4.39 Å². The number of benzene rings is 1. The van der Waals surface area contributed by atoms with E-state index in [4.69, 9.17) is 0 Å². The second-order valence-corrected chi connectivity index (χ2v) is 6.15. The van der Waals surface area contributed by atoms with E-state index in [2.05, 4.69) is 51.1 Å². The Morgan fingerprint density at radius 2 is 1.76 bits per heavy atom. The molecule has 0 aliphatic carbocycles. The molecule has 0 aliphatic rings. The van der Waals surface area contributed by atoms with Gasteiger partial charge in [-0.3, -0.25) is 0 Å². The number of aryl methyl sites for hydroxylation is 1. The van der Waals surface area contributed by atoms with Crippen LogP contribution in [0.3, 0.4) is 0 Å². The van der Waals surface area contributed by atoms with Gasteiger partial charge in [-0.2, -0.15) is 0 Å². The van der Waals surface area contributed by atoms with E-state index >= 15 is 0 Å². The van der Waals surface area contributed by atoms with Crippen molar-refractivity contribution in [3.05, 3.63) is 35.1 Å². The van der Waals surface area contributed by atoms with Gasteiger partial charge >= 0.3 is 0 Å². The normalized spacial score (nSPS) is 13.7. The highest BCUT2D eigenvalue weighted by Crippen LogP contribution is 2.36. The number of hydrogen-bond acceptors (Lipinski definition) is 2. The Balaban J connectivity index is 3.31. The van der Waals surface area contributed by atoms with Gasteiger partial charge in [-0.25, -0.2) is 4.39 Å². The average molecular weight is 294 g/mol. The van der Waals surface area contributed by atoms with E-state index in [1.807, 2.05) is 6.92 Å². The minimum Gasteiger partial charge on any atom is -0.308 e. The fourth-order valence-corrected chi connectivity index (χ4v) is 3.39. The molecule has 0 fully saturated rings. The van der Waals surface area contributed by atoms with Gasteiger partial charge in [0.2, 0.25) is 0 Å². The van der Waals surface area contributed by atoms with Crippen molar-refractivity contribution in [2.75, 3.05) is 20.6 Å². The van der Waals surface area contributed by atoms with Crippen LogP contribution in [0.25, 0.3) is 0 Å². The fourth-order valence-electron chi connectivity index (χ4n) is 3.39. The molecule has 0 spiro atoms. The highest BCUT2D eigenvalue weighted by molar-refractivity contribution is 5.29. The van der Waals surface area contributed by atoms with Crippen molar-refractivity contribution in [2.45, 2.75) is 58.5 Å². The third-order valence-electron chi connectivity index (χ3n) is 4.65. The first kappa shape index (κ1) is 18.1. The summed E-state index contributed by atoms with van der Waals surface area (Å²) in [7, 11) is 4.25. The van der Waals surface area contributed by atoms with Crippen LogP contribution in [0, 0.1) is 12.7 Å². The lowest BCUT2D eigenvalue weighted by Gasteiger charge is -2.46. The largest absolute Gasteiger partial charge is 0.308 e. The van der Waals surface area contributed by atoms with Crippen LogP contribution >= 0.6 is 0 Å². The summed E-state index contributed by atoms with van der Waals surface area (Å²) in [5, 5.41) is 3.66. The molecule has 1 aromatic rings. The Kier molecular flexibility index (Phi) is 6.82. The standard InChI is InChI=1S/C18H31FN2/c1-7-10-20-17(18(8-2,9-3)21(5)6)15-11-14(4)12-16(19)13-15/h11-13,17,20H,7-10H2,1-6H3. The summed E-state index contributed by atoms with van der Waals surface area (Å²) in [5.74, 6) is -0.145. The first-order chi connectivity index (χ1) is 9.91. The van der Waals surface area contributed by atoms with Gasteiger partial charge < -0.3 is 10.2 Å². The molecule has 0 bridgehead atoms. The van der Waals surface area contributed by atoms with Crippen molar-refractivity contribution in [2.24, 2.45) is 0 Å². The zero-order valence-corrected chi connectivity index (χ0v) is 14.5. The predicted molar refractivity (Wildman–Crippen MR) is 89.2 cm³/mol. The molecule has 1 rings (SSSR count). The second kappa shape index (κ2) is 7.90. The molecule has 0 heterocycles. The Morgan fingerprint density at radius 3 is 2.19 bits per heavy atom. The predicted octanol–water partition coefficient (Wildman–Crippen LogP) is 4.30. The maximum Gasteiger partial charge on any atom is 0.123 e. The third-order valence-corrected chi connectivity index (χ3v) is 4.65. The highest BCUT2D eigenvalue weighted by Gasteiger charge is 2.38. The molecule has 2 nitrogen and oxygen atoms in total. The van der Waals surface area contributed by atoms with Crippen LogP contribution in [-0.2, 0) is 0 Å². The summed E-state index contributed by atoms with van der Waals surface area (Å²) in [6, 6.07) is 5.52. The molecule has 120 valence electrons. The molecule has 1 N–H and O–H groups in total. The van der Waals surface area contributed by atoms with Crippen LogP contribution in [0.5, 0.6) is 0 Å². The molecule has 0 aromatic heterocycles. The first-order valence-corrected chi connectivity index (χ1v) is 8.09. The van der Waals surface area contributed by atoms with E-state index in [0.29, 0.717) is 0 Å². The molecule has 0 radical (unpaired) electrons. The van der Waals surface area contributed by atoms with Crippen LogP contribution < -0.4 is 5.32 Å². The first-order valence-electron chi connectivity index (χ1n) is 8.09. The lowest BCUT2D eigenvalue weighted by Crippen LogP contribution is -2.53. The number of rotatable bonds is 8. The molecular formula is C18H31FN2. The summed E-state index contributed by atoms with van der Waals surface area (Å²) in [6.45, 7) is 9.50. The minimum absolute atomic E-state index is 0.00456. The lowest BCUT2D eigenvalue weighted by atomic mass is 9.79. The van der Waals surface area contributed by atoms with Crippen LogP contribution in [0.2, 0.25) is 0 Å². The molecule has 0 aliphatic heterocycles. The van der Waals surface area contributed by atoms with Crippen molar-refractivity contribution in [1.29, 1.82) is 0 Å². The van der Waals surface area contributed by atoms with E-state index in [-0.39, 0.29) is 17.4 Å². The fraction of sp³-hybridized carbons (Fsp3) is 0.667. The highest BCUT2D eigenvalue weighted by atomic mass is 19.1. The van der Waals surface area contributed by atoms with E-state index in [0.717, 1.165) is 36.9 Å². The number of likely N-dealkylation sites (N-methyl/N-ethyl adjacent to an activating group) is 1. The second-order valence-electron chi connectivity index (χ2n) is 6.15. The van der Waals surface area contributed by atoms with Gasteiger partial charge in [-0.05, 0) is 70.1 Å². The number of nitrogens with one attached hydrogen (secondary N) is 1. The molecule has 1 aromatic carbocycles. The van der Waals surface area contributed by atoms with Crippen molar-refractivity contribution in [3.8, 4) is 0 Å². The Labute approximate surface area is 129 Å². The summed E-state index contributed by atoms with van der Waals surface area (Å²) < 4.78 is 13.9. The van der Waals surface area contributed by atoms with Gasteiger partial charge in [-0.15, -0.1) is 0 Å². The maximum absolute atomic E-state index is 13.9. The Bertz CT molecular complexity index is 419. The average Bonchev–Trinajstić information content (AvgIpc) is 2.42. The molecule has 3 heteroatoms. The summed E-state index contributed by atoms with van der Waals surface area (Å²) in [5.41, 5.74) is 2.03. The van der Waals surface area contributed by atoms with Gasteiger partial charge in [0.15, 0.2) is 0 Å². The van der Waals surface area contributed by atoms with Gasteiger partial charge in [0.25, 0.3) is 0 Å². The molecule has 0 saturated heterocycles. The smallest absolute Gasteiger partial charge is 0.123 e. The van der Waals surface area contributed by atoms with Gasteiger partial charge in [0.1, 0.15) is 5.82 Å².